The van der Waals surface area contributed by atoms with Crippen molar-refractivity contribution in [2.75, 3.05) is 31.1 Å². The van der Waals surface area contributed by atoms with E-state index in [4.69, 9.17) is 0 Å². The zero-order chi connectivity index (χ0) is 20.9. The van der Waals surface area contributed by atoms with Crippen LogP contribution in [0.4, 0.5) is 10.1 Å². The minimum atomic E-state index is -0.183. The van der Waals surface area contributed by atoms with Crippen LogP contribution in [0.15, 0.2) is 66.3 Å². The van der Waals surface area contributed by atoms with E-state index in [1.807, 2.05) is 25.1 Å². The first kappa shape index (κ1) is 20.5. The molecule has 2 atom stereocenters. The molecular weight excluding hydrogens is 399 g/mol. The average Bonchev–Trinajstić information content (AvgIpc) is 3.30. The number of anilines is 1. The molecule has 3 aromatic rings. The standard InChI is InChI=1S/C23H25FN4OS/c1-17(26-23(29)18-6-4-10-25-16-18)22(21-9-5-15-30-21)28-13-11-27(12-14-28)20-8-3-2-7-19(20)24/h2-10,15-17,22H,11-14H2,1H3,(H,26,29)/t17-,22-/m1/s1. The van der Waals surface area contributed by atoms with Gasteiger partial charge in [-0.3, -0.25) is 14.7 Å². The normalized spacial score (nSPS) is 16.8. The topological polar surface area (TPSA) is 48.5 Å². The van der Waals surface area contributed by atoms with Crippen LogP contribution >= 0.6 is 11.3 Å². The summed E-state index contributed by atoms with van der Waals surface area (Å²) in [5.41, 5.74) is 1.21. The highest BCUT2D eigenvalue weighted by molar-refractivity contribution is 7.10. The quantitative estimate of drug-likeness (QED) is 0.651. The predicted molar refractivity (Wildman–Crippen MR) is 118 cm³/mol. The van der Waals surface area contributed by atoms with Crippen LogP contribution in [0.1, 0.15) is 28.2 Å². The molecule has 0 spiro atoms. The van der Waals surface area contributed by atoms with E-state index in [1.54, 1.807) is 41.9 Å². The average molecular weight is 425 g/mol. The van der Waals surface area contributed by atoms with Crippen molar-refractivity contribution >= 4 is 22.9 Å². The van der Waals surface area contributed by atoms with Gasteiger partial charge in [-0.2, -0.15) is 0 Å². The number of amides is 1. The van der Waals surface area contributed by atoms with Crippen molar-refractivity contribution < 1.29 is 9.18 Å². The molecule has 1 N–H and O–H groups in total. The van der Waals surface area contributed by atoms with Gasteiger partial charge in [0.15, 0.2) is 0 Å². The number of rotatable bonds is 6. The number of piperazine rings is 1. The van der Waals surface area contributed by atoms with Crippen molar-refractivity contribution in [3.05, 3.63) is 82.6 Å². The fourth-order valence-electron chi connectivity index (χ4n) is 4.02. The van der Waals surface area contributed by atoms with Crippen LogP contribution in [-0.4, -0.2) is 48.0 Å². The van der Waals surface area contributed by atoms with Gasteiger partial charge in [-0.15, -0.1) is 11.3 Å². The van der Waals surface area contributed by atoms with E-state index in [0.717, 1.165) is 26.2 Å². The van der Waals surface area contributed by atoms with Crippen molar-refractivity contribution in [3.8, 4) is 0 Å². The van der Waals surface area contributed by atoms with Gasteiger partial charge in [0.1, 0.15) is 5.82 Å². The van der Waals surface area contributed by atoms with E-state index in [1.165, 1.54) is 10.9 Å². The highest BCUT2D eigenvalue weighted by atomic mass is 32.1. The number of hydrogen-bond donors (Lipinski definition) is 1. The zero-order valence-corrected chi connectivity index (χ0v) is 17.7. The lowest BCUT2D eigenvalue weighted by molar-refractivity contribution is 0.0890. The summed E-state index contributed by atoms with van der Waals surface area (Å²) in [4.78, 5) is 22.4. The molecule has 1 aliphatic heterocycles. The van der Waals surface area contributed by atoms with Crippen molar-refractivity contribution in [3.63, 3.8) is 0 Å². The number of para-hydroxylation sites is 1. The first-order chi connectivity index (χ1) is 14.6. The molecule has 2 aromatic heterocycles. The molecule has 4 rings (SSSR count). The molecule has 1 amide bonds. The van der Waals surface area contributed by atoms with E-state index in [2.05, 4.69) is 31.5 Å². The fourth-order valence-corrected chi connectivity index (χ4v) is 4.98. The van der Waals surface area contributed by atoms with E-state index >= 15 is 0 Å². The molecule has 156 valence electrons. The largest absolute Gasteiger partial charge is 0.367 e. The molecule has 1 aromatic carbocycles. The molecule has 0 saturated carbocycles. The van der Waals surface area contributed by atoms with Crippen LogP contribution in [0.25, 0.3) is 0 Å². The van der Waals surface area contributed by atoms with Gasteiger partial charge in [-0.05, 0) is 42.6 Å². The summed E-state index contributed by atoms with van der Waals surface area (Å²) >= 11 is 1.70. The number of nitrogens with zero attached hydrogens (tertiary/aromatic N) is 3. The molecular formula is C23H25FN4OS. The Kier molecular flexibility index (Phi) is 6.40. The monoisotopic (exact) mass is 424 g/mol. The molecule has 3 heterocycles. The van der Waals surface area contributed by atoms with Gasteiger partial charge >= 0.3 is 0 Å². The van der Waals surface area contributed by atoms with E-state index in [0.29, 0.717) is 11.3 Å². The lowest BCUT2D eigenvalue weighted by Crippen LogP contribution is -2.52. The van der Waals surface area contributed by atoms with Gasteiger partial charge in [-0.25, -0.2) is 4.39 Å². The molecule has 0 radical (unpaired) electrons. The predicted octanol–water partition coefficient (Wildman–Crippen LogP) is 3.96. The van der Waals surface area contributed by atoms with Gasteiger partial charge in [0.2, 0.25) is 0 Å². The number of benzene rings is 1. The summed E-state index contributed by atoms with van der Waals surface area (Å²) in [6.07, 6.45) is 3.24. The number of nitrogens with one attached hydrogen (secondary N) is 1. The maximum absolute atomic E-state index is 14.2. The molecule has 0 unspecified atom stereocenters. The van der Waals surface area contributed by atoms with Crippen LogP contribution < -0.4 is 10.2 Å². The van der Waals surface area contributed by atoms with E-state index in [-0.39, 0.29) is 23.8 Å². The van der Waals surface area contributed by atoms with Crippen LogP contribution in [0, 0.1) is 5.82 Å². The van der Waals surface area contributed by atoms with Crippen molar-refractivity contribution in [1.82, 2.24) is 15.2 Å². The van der Waals surface area contributed by atoms with Gasteiger partial charge in [0.25, 0.3) is 5.91 Å². The van der Waals surface area contributed by atoms with Gasteiger partial charge in [0, 0.05) is 49.5 Å². The second-order valence-electron chi connectivity index (χ2n) is 7.44. The van der Waals surface area contributed by atoms with Crippen LogP contribution in [0.3, 0.4) is 0 Å². The number of halogens is 1. The minimum absolute atomic E-state index is 0.0633. The SMILES string of the molecule is C[C@@H](NC(=O)c1cccnc1)[C@H](c1cccs1)N1CCN(c2ccccc2F)CC1. The fraction of sp³-hybridized carbons (Fsp3) is 0.304. The van der Waals surface area contributed by atoms with Crippen LogP contribution in [0.5, 0.6) is 0 Å². The molecule has 1 fully saturated rings. The van der Waals surface area contributed by atoms with E-state index in [9.17, 15) is 9.18 Å². The Hall–Kier alpha value is -2.77. The number of aromatic nitrogens is 1. The molecule has 1 saturated heterocycles. The smallest absolute Gasteiger partial charge is 0.253 e. The summed E-state index contributed by atoms with van der Waals surface area (Å²) in [7, 11) is 0. The molecule has 1 aliphatic rings. The summed E-state index contributed by atoms with van der Waals surface area (Å²) in [5.74, 6) is -0.306. The number of carbonyl (C=O) groups is 1. The van der Waals surface area contributed by atoms with Gasteiger partial charge in [0.05, 0.1) is 17.3 Å². The van der Waals surface area contributed by atoms with Crippen molar-refractivity contribution in [1.29, 1.82) is 0 Å². The Morgan fingerprint density at radius 3 is 2.57 bits per heavy atom. The molecule has 30 heavy (non-hydrogen) atoms. The lowest BCUT2D eigenvalue weighted by Gasteiger charge is -2.42. The second kappa shape index (κ2) is 9.36. The Bertz CT molecular complexity index is 958. The Balaban J connectivity index is 1.47. The number of carbonyl (C=O) groups excluding carboxylic acids is 1. The van der Waals surface area contributed by atoms with Gasteiger partial charge in [-0.1, -0.05) is 18.2 Å². The third-order valence-corrected chi connectivity index (χ3v) is 6.43. The van der Waals surface area contributed by atoms with Gasteiger partial charge < -0.3 is 10.2 Å². The highest BCUT2D eigenvalue weighted by Gasteiger charge is 2.31. The molecule has 7 heteroatoms. The highest BCUT2D eigenvalue weighted by Crippen LogP contribution is 2.30. The second-order valence-corrected chi connectivity index (χ2v) is 8.42. The maximum Gasteiger partial charge on any atom is 0.253 e. The molecule has 5 nitrogen and oxygen atoms in total. The molecule has 0 aliphatic carbocycles. The summed E-state index contributed by atoms with van der Waals surface area (Å²) in [6.45, 7) is 5.12. The Labute approximate surface area is 180 Å². The first-order valence-corrected chi connectivity index (χ1v) is 11.0. The third kappa shape index (κ3) is 4.52. The number of hydrogen-bond acceptors (Lipinski definition) is 5. The van der Waals surface area contributed by atoms with Crippen molar-refractivity contribution in [2.24, 2.45) is 0 Å². The third-order valence-electron chi connectivity index (χ3n) is 5.49. The number of thiophene rings is 1. The maximum atomic E-state index is 14.2. The Morgan fingerprint density at radius 2 is 1.90 bits per heavy atom. The zero-order valence-electron chi connectivity index (χ0n) is 16.9. The number of pyridine rings is 1. The summed E-state index contributed by atoms with van der Waals surface area (Å²) in [6, 6.07) is 14.6. The summed E-state index contributed by atoms with van der Waals surface area (Å²) in [5, 5.41) is 5.21. The van der Waals surface area contributed by atoms with E-state index < -0.39 is 0 Å². The van der Waals surface area contributed by atoms with Crippen molar-refractivity contribution in [2.45, 2.75) is 19.0 Å². The first-order valence-electron chi connectivity index (χ1n) is 10.1. The Morgan fingerprint density at radius 1 is 1.10 bits per heavy atom. The molecule has 0 bridgehead atoms. The van der Waals surface area contributed by atoms with Crippen LogP contribution in [0.2, 0.25) is 0 Å². The summed E-state index contributed by atoms with van der Waals surface area (Å²) < 4.78 is 14.2. The van der Waals surface area contributed by atoms with Crippen LogP contribution in [-0.2, 0) is 0 Å². The lowest BCUT2D eigenvalue weighted by atomic mass is 10.0. The minimum Gasteiger partial charge on any atom is -0.367 e.